The van der Waals surface area contributed by atoms with E-state index in [0.717, 1.165) is 10.6 Å². The Morgan fingerprint density at radius 1 is 1.12 bits per heavy atom. The number of aromatic nitrogens is 1. The molecule has 222 valence electrons. The summed E-state index contributed by atoms with van der Waals surface area (Å²) in [7, 11) is -4.50. The molecule has 42 heavy (non-hydrogen) atoms. The van der Waals surface area contributed by atoms with Gasteiger partial charge in [0.05, 0.1) is 23.3 Å². The smallest absolute Gasteiger partial charge is 0.255 e. The summed E-state index contributed by atoms with van der Waals surface area (Å²) >= 11 is 0. The second-order valence-corrected chi connectivity index (χ2v) is 14.3. The number of amides is 1. The molecule has 13 heteroatoms. The number of hydrogen-bond donors (Lipinski definition) is 1. The van der Waals surface area contributed by atoms with E-state index in [0.29, 0.717) is 47.2 Å². The molecule has 0 saturated carbocycles. The molecule has 4 aromatic rings. The van der Waals surface area contributed by atoms with Crippen LogP contribution in [0, 0.1) is 5.82 Å². The van der Waals surface area contributed by atoms with Gasteiger partial charge in [-0.3, -0.25) is 14.1 Å². The van der Waals surface area contributed by atoms with Gasteiger partial charge < -0.3 is 9.73 Å². The van der Waals surface area contributed by atoms with Crippen molar-refractivity contribution in [3.05, 3.63) is 83.4 Å². The van der Waals surface area contributed by atoms with Crippen LogP contribution in [0.2, 0.25) is 0 Å². The second kappa shape index (κ2) is 11.5. The number of nitrogens with zero attached hydrogens (tertiary/aromatic N) is 3. The summed E-state index contributed by atoms with van der Waals surface area (Å²) in [5.41, 5.74) is 2.47. The minimum Gasteiger partial charge on any atom is -0.455 e. The predicted molar refractivity (Wildman–Crippen MR) is 159 cm³/mol. The molecule has 1 aliphatic heterocycles. The molecule has 3 heterocycles. The Bertz CT molecular complexity index is 1840. The number of nitrogens with one attached hydrogen (secondary N) is 1. The van der Waals surface area contributed by atoms with Gasteiger partial charge in [-0.15, -0.1) is 0 Å². The molecule has 5 rings (SSSR count). The van der Waals surface area contributed by atoms with Gasteiger partial charge in [0.25, 0.3) is 5.91 Å². The summed E-state index contributed by atoms with van der Waals surface area (Å²) in [4.78, 5) is 17.1. The molecular weight excluding hydrogens is 583 g/mol. The SMILES string of the molecule is CNC(=O)c1c(-c2ccc(F)cc2)oc2cc(N(C)S(C)(=O)=O)c([C@@H]3CCCN(S(=O)(=O)Cc4ccncc4)C3)cc12. The van der Waals surface area contributed by atoms with Crippen molar-refractivity contribution in [3.63, 3.8) is 0 Å². The summed E-state index contributed by atoms with van der Waals surface area (Å²) in [6, 6.07) is 12.1. The number of benzene rings is 2. The molecular formula is C29H31FN4O6S2. The number of piperidine rings is 1. The first-order valence-corrected chi connectivity index (χ1v) is 16.7. The highest BCUT2D eigenvalue weighted by Crippen LogP contribution is 2.42. The van der Waals surface area contributed by atoms with E-state index in [4.69, 9.17) is 4.42 Å². The van der Waals surface area contributed by atoms with Crippen LogP contribution in [0.1, 0.15) is 40.2 Å². The number of fused-ring (bicyclic) bond motifs is 1. The highest BCUT2D eigenvalue weighted by molar-refractivity contribution is 7.92. The molecule has 2 aromatic heterocycles. The maximum absolute atomic E-state index is 13.7. The molecule has 0 spiro atoms. The number of anilines is 1. The lowest BCUT2D eigenvalue weighted by Gasteiger charge is -2.34. The monoisotopic (exact) mass is 614 g/mol. The van der Waals surface area contributed by atoms with Crippen LogP contribution < -0.4 is 9.62 Å². The van der Waals surface area contributed by atoms with Crippen molar-refractivity contribution in [2.45, 2.75) is 24.5 Å². The molecule has 0 radical (unpaired) electrons. The van der Waals surface area contributed by atoms with Crippen molar-refractivity contribution in [1.82, 2.24) is 14.6 Å². The third-order valence-corrected chi connectivity index (χ3v) is 10.6. The van der Waals surface area contributed by atoms with Crippen molar-refractivity contribution in [2.75, 3.05) is 37.7 Å². The normalized spacial score (nSPS) is 16.4. The summed E-state index contributed by atoms with van der Waals surface area (Å²) in [6.07, 6.45) is 5.34. The van der Waals surface area contributed by atoms with Crippen LogP contribution in [0.15, 0.2) is 65.3 Å². The van der Waals surface area contributed by atoms with Crippen LogP contribution in [0.5, 0.6) is 0 Å². The molecule has 1 saturated heterocycles. The van der Waals surface area contributed by atoms with Crippen LogP contribution in [0.4, 0.5) is 10.1 Å². The average Bonchev–Trinajstić information content (AvgIpc) is 3.34. The van der Waals surface area contributed by atoms with Gasteiger partial charge in [0.1, 0.15) is 17.2 Å². The van der Waals surface area contributed by atoms with Crippen LogP contribution >= 0.6 is 0 Å². The van der Waals surface area contributed by atoms with E-state index in [2.05, 4.69) is 10.3 Å². The lowest BCUT2D eigenvalue weighted by atomic mass is 9.89. The zero-order valence-electron chi connectivity index (χ0n) is 23.4. The van der Waals surface area contributed by atoms with E-state index in [1.165, 1.54) is 42.7 Å². The van der Waals surface area contributed by atoms with Crippen molar-refractivity contribution >= 4 is 42.6 Å². The van der Waals surface area contributed by atoms with Gasteiger partial charge in [-0.1, -0.05) is 0 Å². The van der Waals surface area contributed by atoms with Gasteiger partial charge >= 0.3 is 0 Å². The maximum Gasteiger partial charge on any atom is 0.255 e. The topological polar surface area (TPSA) is 130 Å². The fraction of sp³-hybridized carbons (Fsp3) is 0.310. The van der Waals surface area contributed by atoms with Crippen molar-refractivity contribution in [1.29, 1.82) is 0 Å². The first-order chi connectivity index (χ1) is 19.9. The fourth-order valence-corrected chi connectivity index (χ4v) is 7.44. The molecule has 1 atom stereocenters. The molecule has 0 bridgehead atoms. The lowest BCUT2D eigenvalue weighted by Crippen LogP contribution is -2.40. The van der Waals surface area contributed by atoms with Crippen molar-refractivity contribution < 1.29 is 30.4 Å². The molecule has 1 fully saturated rings. The Kier molecular flexibility index (Phi) is 8.10. The standard InChI is InChI=1S/C29H31FN4O6S2/c1-31-29(35)27-24-15-23(21-5-4-14-34(17-21)42(38,39)18-19-10-12-32-13-11-19)25(33(2)41(3,36)37)16-26(24)40-28(27)20-6-8-22(30)9-7-20/h6-13,15-16,21H,4-5,14,17-18H2,1-3H3,(H,31,35)/t21-/m1/s1. The van der Waals surface area contributed by atoms with Crippen LogP contribution in [0.25, 0.3) is 22.3 Å². The minimum atomic E-state index is -3.72. The number of rotatable bonds is 8. The molecule has 1 amide bonds. The highest BCUT2D eigenvalue weighted by atomic mass is 32.2. The first-order valence-electron chi connectivity index (χ1n) is 13.3. The first kappa shape index (κ1) is 29.7. The number of pyridine rings is 1. The lowest BCUT2D eigenvalue weighted by molar-refractivity contribution is 0.0964. The van der Waals surface area contributed by atoms with Gasteiger partial charge in [0.2, 0.25) is 20.0 Å². The van der Waals surface area contributed by atoms with E-state index in [1.807, 2.05) is 0 Å². The Morgan fingerprint density at radius 3 is 2.45 bits per heavy atom. The van der Waals surface area contributed by atoms with Gasteiger partial charge in [-0.2, -0.15) is 0 Å². The van der Waals surface area contributed by atoms with Gasteiger partial charge in [-0.05, 0) is 72.4 Å². The van der Waals surface area contributed by atoms with E-state index in [1.54, 1.807) is 36.7 Å². The number of hydrogen-bond acceptors (Lipinski definition) is 7. The molecule has 10 nitrogen and oxygen atoms in total. The zero-order chi connectivity index (χ0) is 30.2. The number of furan rings is 1. The van der Waals surface area contributed by atoms with Crippen LogP contribution in [-0.4, -0.2) is 65.5 Å². The highest BCUT2D eigenvalue weighted by Gasteiger charge is 2.33. The van der Waals surface area contributed by atoms with E-state index in [-0.39, 0.29) is 35.1 Å². The maximum atomic E-state index is 13.7. The van der Waals surface area contributed by atoms with Crippen molar-refractivity contribution in [2.24, 2.45) is 0 Å². The number of halogens is 1. The third kappa shape index (κ3) is 5.90. The number of carbonyl (C=O) groups is 1. The van der Waals surface area contributed by atoms with E-state index >= 15 is 0 Å². The number of carbonyl (C=O) groups excluding carboxylic acids is 1. The predicted octanol–water partition coefficient (Wildman–Crippen LogP) is 4.10. The average molecular weight is 615 g/mol. The molecule has 0 unspecified atom stereocenters. The van der Waals surface area contributed by atoms with Crippen LogP contribution in [-0.2, 0) is 25.8 Å². The fourth-order valence-electron chi connectivity index (χ4n) is 5.31. The summed E-state index contributed by atoms with van der Waals surface area (Å²) in [5, 5.41) is 3.06. The van der Waals surface area contributed by atoms with E-state index in [9.17, 15) is 26.0 Å². The molecule has 1 aliphatic rings. The summed E-state index contributed by atoms with van der Waals surface area (Å²) in [5.74, 6) is -1.22. The molecule has 1 N–H and O–H groups in total. The quantitative estimate of drug-likeness (QED) is 0.316. The third-order valence-electron chi connectivity index (χ3n) is 7.55. The Hall–Kier alpha value is -3.81. The zero-order valence-corrected chi connectivity index (χ0v) is 25.0. The van der Waals surface area contributed by atoms with Gasteiger partial charge in [0, 0.05) is 56.6 Å². The largest absolute Gasteiger partial charge is 0.455 e. The van der Waals surface area contributed by atoms with Crippen LogP contribution in [0.3, 0.4) is 0 Å². The van der Waals surface area contributed by atoms with Gasteiger partial charge in [0.15, 0.2) is 0 Å². The summed E-state index contributed by atoms with van der Waals surface area (Å²) in [6.45, 7) is 0.481. The second-order valence-electron chi connectivity index (χ2n) is 10.3. The molecule has 0 aliphatic carbocycles. The Labute approximate surface area is 244 Å². The summed E-state index contributed by atoms with van der Waals surface area (Å²) < 4.78 is 74.5. The molecule has 2 aromatic carbocycles. The van der Waals surface area contributed by atoms with Gasteiger partial charge in [-0.25, -0.2) is 25.5 Å². The Morgan fingerprint density at radius 2 is 1.81 bits per heavy atom. The minimum absolute atomic E-state index is 0.140. The number of sulfonamides is 2. The van der Waals surface area contributed by atoms with Crippen molar-refractivity contribution in [3.8, 4) is 11.3 Å². The Balaban J connectivity index is 1.64. The van der Waals surface area contributed by atoms with E-state index < -0.39 is 31.8 Å².